The summed E-state index contributed by atoms with van der Waals surface area (Å²) < 4.78 is 12.2. The van der Waals surface area contributed by atoms with Gasteiger partial charge in [0, 0.05) is 31.6 Å². The Morgan fingerprint density at radius 2 is 1.83 bits per heavy atom. The zero-order valence-electron chi connectivity index (χ0n) is 17.9. The molecule has 2 heterocycles. The van der Waals surface area contributed by atoms with Crippen LogP contribution in [0.4, 0.5) is 0 Å². The van der Waals surface area contributed by atoms with Crippen LogP contribution in [0.2, 0.25) is 0 Å². The molecule has 2 unspecified atom stereocenters. The molecule has 0 radical (unpaired) electrons. The Balaban J connectivity index is 1.43. The molecule has 1 amide bonds. The maximum atomic E-state index is 12.9. The van der Waals surface area contributed by atoms with Gasteiger partial charge in [0.2, 0.25) is 5.91 Å². The van der Waals surface area contributed by atoms with Crippen LogP contribution < -0.4 is 15.0 Å². The number of rotatable bonds is 6. The van der Waals surface area contributed by atoms with Crippen molar-refractivity contribution in [3.8, 4) is 11.5 Å². The third-order valence-corrected chi connectivity index (χ3v) is 6.68. The van der Waals surface area contributed by atoms with E-state index in [9.17, 15) is 9.59 Å². The van der Waals surface area contributed by atoms with Crippen molar-refractivity contribution in [2.24, 2.45) is 5.92 Å². The minimum atomic E-state index is -0.126. The van der Waals surface area contributed by atoms with Gasteiger partial charge < -0.3 is 14.4 Å². The molecular weight excluding hydrogens is 382 g/mol. The molecule has 1 saturated heterocycles. The fraction of sp³-hybridized carbons (Fsp3) is 0.609. The molecule has 0 bridgehead atoms. The largest absolute Gasteiger partial charge is 0.493 e. The number of ether oxygens (including phenoxy) is 2. The first-order chi connectivity index (χ1) is 14.6. The highest BCUT2D eigenvalue weighted by molar-refractivity contribution is 5.81. The monoisotopic (exact) mass is 413 g/mol. The van der Waals surface area contributed by atoms with Crippen molar-refractivity contribution in [1.29, 1.82) is 0 Å². The summed E-state index contributed by atoms with van der Waals surface area (Å²) in [5.74, 6) is 1.97. The molecule has 1 aromatic heterocycles. The van der Waals surface area contributed by atoms with Gasteiger partial charge in [-0.1, -0.05) is 12.8 Å². The molecule has 7 nitrogen and oxygen atoms in total. The summed E-state index contributed by atoms with van der Waals surface area (Å²) in [6, 6.07) is 3.81. The number of carbonyl (C=O) groups excluding carboxylic acids is 1. The summed E-state index contributed by atoms with van der Waals surface area (Å²) in [6.45, 7) is 1.36. The summed E-state index contributed by atoms with van der Waals surface area (Å²) in [6.07, 6.45) is 9.99. The first-order valence-corrected chi connectivity index (χ1v) is 11.0. The van der Waals surface area contributed by atoms with E-state index < -0.39 is 0 Å². The summed E-state index contributed by atoms with van der Waals surface area (Å²) in [5, 5.41) is 0.488. The van der Waals surface area contributed by atoms with Crippen LogP contribution in [0.5, 0.6) is 11.5 Å². The molecule has 162 valence electrons. The number of benzene rings is 1. The molecule has 7 heteroatoms. The maximum absolute atomic E-state index is 12.9. The molecule has 30 heavy (non-hydrogen) atoms. The van der Waals surface area contributed by atoms with Crippen molar-refractivity contribution < 1.29 is 14.3 Å². The number of aromatic nitrogens is 2. The lowest BCUT2D eigenvalue weighted by Gasteiger charge is -2.44. The van der Waals surface area contributed by atoms with Gasteiger partial charge in [-0.3, -0.25) is 14.2 Å². The number of likely N-dealkylation sites (tertiary alicyclic amines) is 1. The number of nitrogens with zero attached hydrogens (tertiary/aromatic N) is 3. The average molecular weight is 414 g/mol. The normalized spacial score (nSPS) is 21.3. The van der Waals surface area contributed by atoms with Crippen LogP contribution in [-0.4, -0.2) is 47.2 Å². The van der Waals surface area contributed by atoms with E-state index in [0.717, 1.165) is 19.4 Å². The summed E-state index contributed by atoms with van der Waals surface area (Å²) in [7, 11) is 3.10. The van der Waals surface area contributed by atoms with Gasteiger partial charge in [-0.15, -0.1) is 0 Å². The Kier molecular flexibility index (Phi) is 6.25. The first kappa shape index (κ1) is 20.7. The molecule has 0 N–H and O–H groups in total. The Hall–Kier alpha value is -2.57. The SMILES string of the molecule is COc1cc2ncn(CCCC(=O)N3CCCC4CCCCC43)c(=O)c2cc1OC. The molecule has 1 aliphatic carbocycles. The van der Waals surface area contributed by atoms with E-state index in [4.69, 9.17) is 9.47 Å². The van der Waals surface area contributed by atoms with E-state index in [1.807, 2.05) is 0 Å². The Labute approximate surface area is 177 Å². The average Bonchev–Trinajstić information content (AvgIpc) is 2.79. The van der Waals surface area contributed by atoms with E-state index in [1.165, 1.54) is 25.7 Å². The Bertz CT molecular complexity index is 969. The lowest BCUT2D eigenvalue weighted by molar-refractivity contribution is -0.137. The Morgan fingerprint density at radius 3 is 2.63 bits per heavy atom. The highest BCUT2D eigenvalue weighted by Crippen LogP contribution is 2.35. The molecule has 2 aromatic rings. The van der Waals surface area contributed by atoms with Crippen molar-refractivity contribution in [3.63, 3.8) is 0 Å². The van der Waals surface area contributed by atoms with Crippen molar-refractivity contribution >= 4 is 16.8 Å². The van der Waals surface area contributed by atoms with Crippen molar-refractivity contribution in [2.75, 3.05) is 20.8 Å². The number of fused-ring (bicyclic) bond motifs is 2. The molecule has 2 fully saturated rings. The number of methoxy groups -OCH3 is 2. The van der Waals surface area contributed by atoms with Crippen LogP contribution in [0.3, 0.4) is 0 Å². The number of amides is 1. The van der Waals surface area contributed by atoms with Crippen molar-refractivity contribution in [3.05, 3.63) is 28.8 Å². The van der Waals surface area contributed by atoms with Gasteiger partial charge in [0.1, 0.15) is 0 Å². The second-order valence-corrected chi connectivity index (χ2v) is 8.41. The number of hydrogen-bond donors (Lipinski definition) is 0. The van der Waals surface area contributed by atoms with Crippen LogP contribution in [0.15, 0.2) is 23.3 Å². The van der Waals surface area contributed by atoms with Crippen LogP contribution in [0.25, 0.3) is 10.9 Å². The van der Waals surface area contributed by atoms with Gasteiger partial charge in [0.25, 0.3) is 5.56 Å². The first-order valence-electron chi connectivity index (χ1n) is 11.0. The lowest BCUT2D eigenvalue weighted by Crippen LogP contribution is -2.49. The minimum Gasteiger partial charge on any atom is -0.493 e. The zero-order valence-corrected chi connectivity index (χ0v) is 17.9. The van der Waals surface area contributed by atoms with Crippen LogP contribution >= 0.6 is 0 Å². The molecule has 2 aliphatic rings. The van der Waals surface area contributed by atoms with E-state index in [-0.39, 0.29) is 11.5 Å². The molecule has 1 aliphatic heterocycles. The number of carbonyl (C=O) groups is 1. The summed E-state index contributed by atoms with van der Waals surface area (Å²) in [4.78, 5) is 32.3. The molecule has 4 rings (SSSR count). The predicted molar refractivity (Wildman–Crippen MR) is 115 cm³/mol. The highest BCUT2D eigenvalue weighted by atomic mass is 16.5. The molecule has 1 aromatic carbocycles. The Morgan fingerprint density at radius 1 is 1.10 bits per heavy atom. The van der Waals surface area contributed by atoms with Gasteiger partial charge in [0.05, 0.1) is 31.4 Å². The zero-order chi connectivity index (χ0) is 21.1. The summed E-state index contributed by atoms with van der Waals surface area (Å²) >= 11 is 0. The van der Waals surface area contributed by atoms with E-state index in [0.29, 0.717) is 53.7 Å². The van der Waals surface area contributed by atoms with Gasteiger partial charge in [-0.2, -0.15) is 0 Å². The van der Waals surface area contributed by atoms with Crippen molar-refractivity contribution in [1.82, 2.24) is 14.5 Å². The van der Waals surface area contributed by atoms with Gasteiger partial charge in [-0.05, 0) is 44.1 Å². The minimum absolute atomic E-state index is 0.126. The number of piperidine rings is 1. The van der Waals surface area contributed by atoms with E-state index in [2.05, 4.69) is 9.88 Å². The molecule has 2 atom stereocenters. The fourth-order valence-electron chi connectivity index (χ4n) is 5.12. The highest BCUT2D eigenvalue weighted by Gasteiger charge is 2.35. The third-order valence-electron chi connectivity index (χ3n) is 6.68. The topological polar surface area (TPSA) is 73.7 Å². The van der Waals surface area contributed by atoms with Crippen molar-refractivity contribution in [2.45, 2.75) is 64.0 Å². The second kappa shape index (κ2) is 9.06. The van der Waals surface area contributed by atoms with E-state index in [1.54, 1.807) is 37.2 Å². The van der Waals surface area contributed by atoms with E-state index >= 15 is 0 Å². The molecule has 1 saturated carbocycles. The smallest absolute Gasteiger partial charge is 0.261 e. The quantitative estimate of drug-likeness (QED) is 0.726. The lowest BCUT2D eigenvalue weighted by atomic mass is 9.78. The van der Waals surface area contributed by atoms with Crippen LogP contribution in [0, 0.1) is 5.92 Å². The second-order valence-electron chi connectivity index (χ2n) is 8.41. The number of aryl methyl sites for hydroxylation is 1. The van der Waals surface area contributed by atoms with Crippen LogP contribution in [0.1, 0.15) is 51.4 Å². The molecular formula is C23H31N3O4. The van der Waals surface area contributed by atoms with Gasteiger partial charge in [0.15, 0.2) is 11.5 Å². The third kappa shape index (κ3) is 4.02. The number of hydrogen-bond acceptors (Lipinski definition) is 5. The standard InChI is InChI=1S/C23H31N3O4/c1-29-20-13-17-18(14-21(20)30-2)24-15-25(23(17)28)11-6-10-22(27)26-12-5-8-16-7-3-4-9-19(16)26/h13-16,19H,3-12H2,1-2H3. The predicted octanol–water partition coefficient (Wildman–Crippen LogP) is 3.38. The maximum Gasteiger partial charge on any atom is 0.261 e. The van der Waals surface area contributed by atoms with Crippen LogP contribution in [-0.2, 0) is 11.3 Å². The van der Waals surface area contributed by atoms with Gasteiger partial charge >= 0.3 is 0 Å². The fourth-order valence-corrected chi connectivity index (χ4v) is 5.12. The summed E-state index contributed by atoms with van der Waals surface area (Å²) in [5.41, 5.74) is 0.445. The molecule has 0 spiro atoms. The van der Waals surface area contributed by atoms with Gasteiger partial charge in [-0.25, -0.2) is 4.98 Å².